The van der Waals surface area contributed by atoms with Gasteiger partial charge in [-0.1, -0.05) is 18.6 Å². The number of rotatable bonds is 7. The highest BCUT2D eigenvalue weighted by atomic mass is 28.4. The lowest BCUT2D eigenvalue weighted by atomic mass is 9.83. The number of hydrogen-bond acceptors (Lipinski definition) is 2. The van der Waals surface area contributed by atoms with Crippen LogP contribution in [0.2, 0.25) is 12.6 Å². The molecule has 2 atom stereocenters. The van der Waals surface area contributed by atoms with Gasteiger partial charge in [0.15, 0.2) is 0 Å². The summed E-state index contributed by atoms with van der Waals surface area (Å²) in [4.78, 5) is 0. The van der Waals surface area contributed by atoms with E-state index in [-0.39, 0.29) is 0 Å². The van der Waals surface area contributed by atoms with Crippen molar-refractivity contribution in [2.45, 2.75) is 59.5 Å². The van der Waals surface area contributed by atoms with E-state index in [0.717, 1.165) is 25.2 Å². The zero-order valence-corrected chi connectivity index (χ0v) is 13.8. The molecular formula is C15H30O2Si. The Bertz CT molecular complexity index is 270. The SMILES string of the molecule is CCO[Si](C)(CC(C)[C@H]1CC=C(C)CC1)OCC. The fourth-order valence-corrected chi connectivity index (χ4v) is 6.07. The van der Waals surface area contributed by atoms with Crippen molar-refractivity contribution in [3.8, 4) is 0 Å². The van der Waals surface area contributed by atoms with Gasteiger partial charge in [0.1, 0.15) is 0 Å². The van der Waals surface area contributed by atoms with Gasteiger partial charge in [-0.25, -0.2) is 0 Å². The summed E-state index contributed by atoms with van der Waals surface area (Å²) in [6, 6.07) is 1.13. The summed E-state index contributed by atoms with van der Waals surface area (Å²) in [7, 11) is -1.93. The van der Waals surface area contributed by atoms with Crippen LogP contribution in [0.25, 0.3) is 0 Å². The van der Waals surface area contributed by atoms with Gasteiger partial charge in [0, 0.05) is 13.2 Å². The Morgan fingerprint density at radius 3 is 2.39 bits per heavy atom. The summed E-state index contributed by atoms with van der Waals surface area (Å²) in [6.45, 7) is 12.5. The average Bonchev–Trinajstić information content (AvgIpc) is 2.30. The fraction of sp³-hybridized carbons (Fsp3) is 0.867. The van der Waals surface area contributed by atoms with E-state index in [4.69, 9.17) is 8.85 Å². The zero-order valence-electron chi connectivity index (χ0n) is 12.8. The smallest absolute Gasteiger partial charge is 0.335 e. The Hall–Kier alpha value is -0.123. The molecule has 0 bridgehead atoms. The van der Waals surface area contributed by atoms with Crippen molar-refractivity contribution in [2.24, 2.45) is 11.8 Å². The number of allylic oxidation sites excluding steroid dienone is 2. The maximum Gasteiger partial charge on any atom is 0.335 e. The monoisotopic (exact) mass is 270 g/mol. The first kappa shape index (κ1) is 15.9. The second kappa shape index (κ2) is 7.46. The Morgan fingerprint density at radius 1 is 1.33 bits per heavy atom. The van der Waals surface area contributed by atoms with Crippen LogP contribution in [0.15, 0.2) is 11.6 Å². The lowest BCUT2D eigenvalue weighted by Crippen LogP contribution is -2.41. The van der Waals surface area contributed by atoms with E-state index in [1.165, 1.54) is 19.3 Å². The van der Waals surface area contributed by atoms with Crippen LogP contribution in [0.1, 0.15) is 47.0 Å². The van der Waals surface area contributed by atoms with E-state index in [0.29, 0.717) is 5.92 Å². The predicted octanol–water partition coefficient (Wildman–Crippen LogP) is 4.51. The van der Waals surface area contributed by atoms with Crippen LogP contribution in [-0.4, -0.2) is 21.8 Å². The first-order valence-corrected chi connectivity index (χ1v) is 9.96. The van der Waals surface area contributed by atoms with Crippen LogP contribution >= 0.6 is 0 Å². The molecule has 18 heavy (non-hydrogen) atoms. The van der Waals surface area contributed by atoms with Crippen LogP contribution in [0, 0.1) is 11.8 Å². The Kier molecular flexibility index (Phi) is 6.61. The van der Waals surface area contributed by atoms with Gasteiger partial charge in [0.2, 0.25) is 0 Å². The third-order valence-electron chi connectivity index (χ3n) is 4.08. The quantitative estimate of drug-likeness (QED) is 0.500. The zero-order chi connectivity index (χ0) is 13.6. The summed E-state index contributed by atoms with van der Waals surface area (Å²) in [5.41, 5.74) is 1.56. The highest BCUT2D eigenvalue weighted by molar-refractivity contribution is 6.66. The molecule has 1 rings (SSSR count). The van der Waals surface area contributed by atoms with E-state index < -0.39 is 8.56 Å². The van der Waals surface area contributed by atoms with Crippen LogP contribution in [-0.2, 0) is 8.85 Å². The molecule has 0 N–H and O–H groups in total. The predicted molar refractivity (Wildman–Crippen MR) is 79.9 cm³/mol. The molecule has 1 aliphatic carbocycles. The highest BCUT2D eigenvalue weighted by Gasteiger charge is 2.35. The molecule has 0 aromatic carbocycles. The van der Waals surface area contributed by atoms with Crippen molar-refractivity contribution < 1.29 is 8.85 Å². The van der Waals surface area contributed by atoms with Crippen molar-refractivity contribution >= 4 is 8.56 Å². The third-order valence-corrected chi connectivity index (χ3v) is 7.26. The second-order valence-corrected chi connectivity index (χ2v) is 9.02. The maximum atomic E-state index is 5.95. The van der Waals surface area contributed by atoms with Gasteiger partial charge in [-0.05, 0) is 64.5 Å². The average molecular weight is 270 g/mol. The molecule has 1 aliphatic rings. The van der Waals surface area contributed by atoms with Crippen LogP contribution in [0.5, 0.6) is 0 Å². The van der Waals surface area contributed by atoms with Crippen LogP contribution < -0.4 is 0 Å². The van der Waals surface area contributed by atoms with E-state index in [1.54, 1.807) is 5.57 Å². The summed E-state index contributed by atoms with van der Waals surface area (Å²) >= 11 is 0. The Morgan fingerprint density at radius 2 is 1.94 bits per heavy atom. The summed E-state index contributed by atoms with van der Waals surface area (Å²) in [5.74, 6) is 1.53. The van der Waals surface area contributed by atoms with Gasteiger partial charge >= 0.3 is 8.56 Å². The molecule has 0 heterocycles. The maximum absolute atomic E-state index is 5.95. The molecule has 1 unspecified atom stereocenters. The molecule has 106 valence electrons. The summed E-state index contributed by atoms with van der Waals surface area (Å²) in [6.07, 6.45) is 6.28. The van der Waals surface area contributed by atoms with Crippen molar-refractivity contribution in [3.05, 3.63) is 11.6 Å². The van der Waals surface area contributed by atoms with Crippen molar-refractivity contribution in [3.63, 3.8) is 0 Å². The standard InChI is InChI=1S/C15H30O2Si/c1-6-16-18(5,17-7-2)12-14(4)15-10-8-13(3)9-11-15/h8,14-15H,6-7,9-12H2,1-5H3/t14?,15-/m0/s1. The fourth-order valence-electron chi connectivity index (χ4n) is 3.02. The third kappa shape index (κ3) is 4.86. The van der Waals surface area contributed by atoms with Gasteiger partial charge < -0.3 is 8.85 Å². The molecular weight excluding hydrogens is 240 g/mol. The van der Waals surface area contributed by atoms with E-state index in [9.17, 15) is 0 Å². The van der Waals surface area contributed by atoms with Gasteiger partial charge in [0.25, 0.3) is 0 Å². The minimum absolute atomic E-state index is 0.712. The van der Waals surface area contributed by atoms with E-state index in [2.05, 4.69) is 40.3 Å². The second-order valence-electron chi connectivity index (χ2n) is 5.77. The molecule has 0 saturated heterocycles. The summed E-state index contributed by atoms with van der Waals surface area (Å²) < 4.78 is 11.9. The first-order chi connectivity index (χ1) is 8.50. The molecule has 0 spiro atoms. The van der Waals surface area contributed by atoms with Crippen LogP contribution in [0.4, 0.5) is 0 Å². The first-order valence-electron chi connectivity index (χ1n) is 7.44. The molecule has 0 saturated carbocycles. The lowest BCUT2D eigenvalue weighted by molar-refractivity contribution is 0.177. The van der Waals surface area contributed by atoms with Gasteiger partial charge in [-0.3, -0.25) is 0 Å². The Balaban J connectivity index is 2.53. The van der Waals surface area contributed by atoms with Gasteiger partial charge in [0.05, 0.1) is 0 Å². The molecule has 0 aromatic rings. The molecule has 0 radical (unpaired) electrons. The minimum atomic E-state index is -1.93. The molecule has 2 nitrogen and oxygen atoms in total. The Labute approximate surface area is 114 Å². The molecule has 3 heteroatoms. The number of hydrogen-bond donors (Lipinski definition) is 0. The summed E-state index contributed by atoms with van der Waals surface area (Å²) in [5, 5.41) is 0. The topological polar surface area (TPSA) is 18.5 Å². The highest BCUT2D eigenvalue weighted by Crippen LogP contribution is 2.34. The van der Waals surface area contributed by atoms with Crippen molar-refractivity contribution in [1.29, 1.82) is 0 Å². The van der Waals surface area contributed by atoms with Crippen molar-refractivity contribution in [1.82, 2.24) is 0 Å². The van der Waals surface area contributed by atoms with E-state index >= 15 is 0 Å². The minimum Gasteiger partial charge on any atom is -0.395 e. The van der Waals surface area contributed by atoms with E-state index in [1.807, 2.05) is 0 Å². The lowest BCUT2D eigenvalue weighted by Gasteiger charge is -2.33. The van der Waals surface area contributed by atoms with Crippen LogP contribution in [0.3, 0.4) is 0 Å². The van der Waals surface area contributed by atoms with Gasteiger partial charge in [-0.15, -0.1) is 0 Å². The van der Waals surface area contributed by atoms with Crippen molar-refractivity contribution in [2.75, 3.05) is 13.2 Å². The molecule has 0 aliphatic heterocycles. The largest absolute Gasteiger partial charge is 0.395 e. The molecule has 0 fully saturated rings. The normalized spacial score (nSPS) is 22.7. The molecule has 0 aromatic heterocycles. The van der Waals surface area contributed by atoms with Gasteiger partial charge in [-0.2, -0.15) is 0 Å². The molecule has 0 amide bonds.